The second kappa shape index (κ2) is 10.1. The van der Waals surface area contributed by atoms with Gasteiger partial charge >= 0.3 is 0 Å². The van der Waals surface area contributed by atoms with Gasteiger partial charge in [0.2, 0.25) is 0 Å². The number of pyridine rings is 1. The quantitative estimate of drug-likeness (QED) is 0.244. The van der Waals surface area contributed by atoms with Crippen molar-refractivity contribution in [1.29, 1.82) is 0 Å². The Hall–Kier alpha value is -3.35. The molecule has 0 aliphatic carbocycles. The zero-order valence-electron chi connectivity index (χ0n) is 19.5. The summed E-state index contributed by atoms with van der Waals surface area (Å²) in [7, 11) is 1.40. The minimum atomic E-state index is -0.847. The molecule has 0 saturated carbocycles. The van der Waals surface area contributed by atoms with E-state index in [4.69, 9.17) is 27.9 Å². The molecule has 2 heterocycles. The molecule has 35 heavy (non-hydrogen) atoms. The van der Waals surface area contributed by atoms with Crippen molar-refractivity contribution in [2.75, 3.05) is 7.11 Å². The fourth-order valence-electron chi connectivity index (χ4n) is 4.21. The third kappa shape index (κ3) is 4.77. The Kier molecular flexibility index (Phi) is 7.15. The van der Waals surface area contributed by atoms with Crippen LogP contribution in [0.4, 0.5) is 0 Å². The van der Waals surface area contributed by atoms with E-state index in [0.29, 0.717) is 17.2 Å². The number of methoxy groups -OCH3 is 1. The highest BCUT2D eigenvalue weighted by Crippen LogP contribution is 2.43. The van der Waals surface area contributed by atoms with Crippen LogP contribution in [0, 0.1) is 0 Å². The molecule has 1 atom stereocenters. The van der Waals surface area contributed by atoms with Crippen molar-refractivity contribution >= 4 is 40.7 Å². The number of ether oxygens (including phenoxy) is 1. The molecule has 6 nitrogen and oxygen atoms in total. The van der Waals surface area contributed by atoms with Gasteiger partial charge in [-0.1, -0.05) is 67.4 Å². The summed E-state index contributed by atoms with van der Waals surface area (Å²) in [6.45, 7) is 4.25. The summed E-state index contributed by atoms with van der Waals surface area (Å²) in [5, 5.41) is 11.8. The van der Waals surface area contributed by atoms with Crippen LogP contribution in [0.2, 0.25) is 10.0 Å². The SMILES string of the molecule is COc1c(Cl)cc(Cl)cc1/C(O)=C1\C(=O)C(=O)N(Cc2ccccn2)C1c1ccc(C(C)C)cc1. The van der Waals surface area contributed by atoms with Gasteiger partial charge in [-0.2, -0.15) is 0 Å². The fourth-order valence-corrected chi connectivity index (χ4v) is 4.78. The molecule has 1 fully saturated rings. The number of aliphatic hydroxyl groups is 1. The molecule has 1 aromatic heterocycles. The fraction of sp³-hybridized carbons (Fsp3) is 0.222. The highest BCUT2D eigenvalue weighted by Gasteiger charge is 2.46. The summed E-state index contributed by atoms with van der Waals surface area (Å²) in [5.74, 6) is -1.50. The number of benzene rings is 2. The van der Waals surface area contributed by atoms with Gasteiger partial charge in [0.15, 0.2) is 0 Å². The van der Waals surface area contributed by atoms with Crippen molar-refractivity contribution in [2.45, 2.75) is 32.4 Å². The lowest BCUT2D eigenvalue weighted by atomic mass is 9.93. The summed E-state index contributed by atoms with van der Waals surface area (Å²) >= 11 is 12.5. The smallest absolute Gasteiger partial charge is 0.296 e. The van der Waals surface area contributed by atoms with Crippen LogP contribution in [-0.2, 0) is 16.1 Å². The number of likely N-dealkylation sites (tertiary alicyclic amines) is 1. The lowest BCUT2D eigenvalue weighted by Gasteiger charge is -2.25. The molecule has 1 aliphatic rings. The molecule has 1 saturated heterocycles. The van der Waals surface area contributed by atoms with Crippen LogP contribution < -0.4 is 4.74 Å². The summed E-state index contributed by atoms with van der Waals surface area (Å²) in [5.41, 5.74) is 2.46. The molecule has 1 aliphatic heterocycles. The van der Waals surface area contributed by atoms with Gasteiger partial charge in [-0.3, -0.25) is 14.6 Å². The largest absolute Gasteiger partial charge is 0.507 e. The number of amides is 1. The van der Waals surface area contributed by atoms with Gasteiger partial charge in [-0.15, -0.1) is 0 Å². The van der Waals surface area contributed by atoms with E-state index >= 15 is 0 Å². The van der Waals surface area contributed by atoms with Crippen molar-refractivity contribution in [3.63, 3.8) is 0 Å². The van der Waals surface area contributed by atoms with Crippen molar-refractivity contribution in [1.82, 2.24) is 9.88 Å². The van der Waals surface area contributed by atoms with Gasteiger partial charge in [0, 0.05) is 11.2 Å². The molecule has 1 unspecified atom stereocenters. The van der Waals surface area contributed by atoms with Gasteiger partial charge < -0.3 is 14.7 Å². The molecule has 4 rings (SSSR count). The molecule has 8 heteroatoms. The van der Waals surface area contributed by atoms with Crippen LogP contribution in [0.25, 0.3) is 5.76 Å². The van der Waals surface area contributed by atoms with Gasteiger partial charge in [-0.25, -0.2) is 0 Å². The summed E-state index contributed by atoms with van der Waals surface area (Å²) in [6.07, 6.45) is 1.62. The van der Waals surface area contributed by atoms with Gasteiger partial charge in [0.25, 0.3) is 11.7 Å². The van der Waals surface area contributed by atoms with E-state index in [1.54, 1.807) is 18.3 Å². The second-order valence-corrected chi connectivity index (χ2v) is 9.38. The second-order valence-electron chi connectivity index (χ2n) is 8.54. The van der Waals surface area contributed by atoms with Crippen LogP contribution in [0.15, 0.2) is 66.4 Å². The Morgan fingerprint density at radius 3 is 2.43 bits per heavy atom. The van der Waals surface area contributed by atoms with Gasteiger partial charge in [0.05, 0.1) is 41.5 Å². The normalized spacial score (nSPS) is 17.3. The predicted octanol–water partition coefficient (Wildman–Crippen LogP) is 6.14. The molecule has 2 aromatic carbocycles. The Bertz CT molecular complexity index is 1300. The summed E-state index contributed by atoms with van der Waals surface area (Å²) in [4.78, 5) is 32.3. The first-order chi connectivity index (χ1) is 16.7. The van der Waals surface area contributed by atoms with Crippen molar-refractivity contribution < 1.29 is 19.4 Å². The minimum absolute atomic E-state index is 0.0696. The maximum atomic E-state index is 13.3. The Morgan fingerprint density at radius 2 is 1.83 bits per heavy atom. The summed E-state index contributed by atoms with van der Waals surface area (Å²) in [6, 6.07) is 15.1. The van der Waals surface area contributed by atoms with E-state index in [1.807, 2.05) is 30.3 Å². The number of carbonyl (C=O) groups excluding carboxylic acids is 2. The van der Waals surface area contributed by atoms with E-state index in [9.17, 15) is 14.7 Å². The van der Waals surface area contributed by atoms with Crippen LogP contribution >= 0.6 is 23.2 Å². The zero-order chi connectivity index (χ0) is 25.3. The zero-order valence-corrected chi connectivity index (χ0v) is 21.0. The molecule has 1 N–H and O–H groups in total. The predicted molar refractivity (Wildman–Crippen MR) is 136 cm³/mol. The number of carbonyl (C=O) groups is 2. The lowest BCUT2D eigenvalue weighted by molar-refractivity contribution is -0.140. The topological polar surface area (TPSA) is 79.7 Å². The number of aliphatic hydroxyl groups excluding tert-OH is 1. The first kappa shape index (κ1) is 24.8. The standard InChI is InChI=1S/C27H24Cl2N2O4/c1-15(2)16-7-9-17(10-8-16)23-22(24(32)20-12-18(28)13-21(29)26(20)35-3)25(33)27(34)31(23)14-19-6-4-5-11-30-19/h4-13,15,23,32H,14H2,1-3H3/b24-22+. The first-order valence-corrected chi connectivity index (χ1v) is 11.8. The molecule has 0 bridgehead atoms. The summed E-state index contributed by atoms with van der Waals surface area (Å²) < 4.78 is 5.37. The first-order valence-electron chi connectivity index (χ1n) is 11.0. The highest BCUT2D eigenvalue weighted by molar-refractivity contribution is 6.46. The number of rotatable bonds is 6. The van der Waals surface area contributed by atoms with E-state index in [0.717, 1.165) is 5.56 Å². The minimum Gasteiger partial charge on any atom is -0.507 e. The highest BCUT2D eigenvalue weighted by atomic mass is 35.5. The number of aromatic nitrogens is 1. The lowest BCUT2D eigenvalue weighted by Crippen LogP contribution is -2.29. The van der Waals surface area contributed by atoms with Crippen molar-refractivity contribution in [3.05, 3.63) is 98.8 Å². The average Bonchev–Trinajstić information content (AvgIpc) is 3.08. The molecular weight excluding hydrogens is 487 g/mol. The van der Waals surface area contributed by atoms with Crippen LogP contribution in [0.3, 0.4) is 0 Å². The number of ketones is 1. The van der Waals surface area contributed by atoms with Gasteiger partial charge in [0.1, 0.15) is 11.5 Å². The van der Waals surface area contributed by atoms with E-state index in [-0.39, 0.29) is 33.5 Å². The third-order valence-electron chi connectivity index (χ3n) is 5.98. The molecule has 0 radical (unpaired) electrons. The molecule has 1 amide bonds. The monoisotopic (exact) mass is 510 g/mol. The van der Waals surface area contributed by atoms with E-state index in [1.165, 1.54) is 24.1 Å². The number of halogens is 2. The average molecular weight is 511 g/mol. The maximum absolute atomic E-state index is 13.3. The Morgan fingerprint density at radius 1 is 1.11 bits per heavy atom. The van der Waals surface area contributed by atoms with Crippen LogP contribution in [-0.4, -0.2) is 33.8 Å². The van der Waals surface area contributed by atoms with Crippen molar-refractivity contribution in [3.8, 4) is 5.75 Å². The molecule has 0 spiro atoms. The van der Waals surface area contributed by atoms with E-state index in [2.05, 4.69) is 18.8 Å². The third-order valence-corrected chi connectivity index (χ3v) is 6.48. The Labute approximate surface area is 213 Å². The van der Waals surface area contributed by atoms with Crippen molar-refractivity contribution in [2.24, 2.45) is 0 Å². The van der Waals surface area contributed by atoms with E-state index < -0.39 is 23.5 Å². The molecule has 3 aromatic rings. The molecule has 180 valence electrons. The number of hydrogen-bond donors (Lipinski definition) is 1. The number of hydrogen-bond acceptors (Lipinski definition) is 5. The maximum Gasteiger partial charge on any atom is 0.296 e. The van der Waals surface area contributed by atoms with Crippen LogP contribution in [0.5, 0.6) is 5.75 Å². The number of nitrogens with zero attached hydrogens (tertiary/aromatic N) is 2. The number of Topliss-reactive ketones (excluding diaryl/α,β-unsaturated/α-hetero) is 1. The Balaban J connectivity index is 1.92. The van der Waals surface area contributed by atoms with Gasteiger partial charge in [-0.05, 0) is 41.3 Å². The molecular formula is C27H24Cl2N2O4. The van der Waals surface area contributed by atoms with Crippen LogP contribution in [0.1, 0.15) is 48.2 Å².